The fourth-order valence-electron chi connectivity index (χ4n) is 4.24. The Labute approximate surface area is 233 Å². The molecular weight excluding hydrogens is 506 g/mol. The number of nitriles is 1. The van der Waals surface area contributed by atoms with Crippen LogP contribution in [0.3, 0.4) is 0 Å². The fourth-order valence-corrected chi connectivity index (χ4v) is 4.24. The first-order valence-electron chi connectivity index (χ1n) is 12.8. The average Bonchev–Trinajstić information content (AvgIpc) is 2.96. The minimum atomic E-state index is -0.230. The summed E-state index contributed by atoms with van der Waals surface area (Å²) in [4.78, 5) is 48.6. The molecule has 1 saturated heterocycles. The third-order valence-corrected chi connectivity index (χ3v) is 6.33. The van der Waals surface area contributed by atoms with E-state index in [0.29, 0.717) is 41.9 Å². The van der Waals surface area contributed by atoms with Crippen molar-refractivity contribution in [1.29, 1.82) is 5.26 Å². The molecule has 0 unspecified atom stereocenters. The second kappa shape index (κ2) is 14.8. The molecule has 0 atom stereocenters. The second-order valence-electron chi connectivity index (χ2n) is 9.44. The van der Waals surface area contributed by atoms with Gasteiger partial charge in [0.05, 0.1) is 24.7 Å². The smallest absolute Gasteiger partial charge is 0.223 e. The Morgan fingerprint density at radius 2 is 1.68 bits per heavy atom. The van der Waals surface area contributed by atoms with Gasteiger partial charge in [-0.15, -0.1) is 0 Å². The van der Waals surface area contributed by atoms with Crippen LogP contribution in [0.5, 0.6) is 0 Å². The largest absolute Gasteiger partial charge is 0.334 e. The first-order chi connectivity index (χ1) is 19.3. The number of likely N-dealkylation sites (N-methyl/N-ethyl adjacent to an activating group) is 1. The van der Waals surface area contributed by atoms with Gasteiger partial charge >= 0.3 is 0 Å². The fraction of sp³-hybridized carbons (Fsp3) is 0.300. The van der Waals surface area contributed by atoms with Crippen LogP contribution in [0.1, 0.15) is 36.0 Å². The summed E-state index contributed by atoms with van der Waals surface area (Å²) >= 11 is 0. The molecule has 0 spiro atoms. The lowest BCUT2D eigenvalue weighted by Gasteiger charge is -2.30. The molecule has 1 fully saturated rings. The van der Waals surface area contributed by atoms with Crippen LogP contribution < -0.4 is 0 Å². The highest BCUT2D eigenvalue weighted by Gasteiger charge is 2.29. The minimum Gasteiger partial charge on any atom is -0.334 e. The van der Waals surface area contributed by atoms with Crippen molar-refractivity contribution in [1.82, 2.24) is 9.80 Å². The number of amides is 1. The maximum absolute atomic E-state index is 13.4. The van der Waals surface area contributed by atoms with E-state index in [0.717, 1.165) is 11.1 Å². The summed E-state index contributed by atoms with van der Waals surface area (Å²) in [5.41, 5.74) is 11.7. The lowest BCUT2D eigenvalue weighted by atomic mass is 9.93. The summed E-state index contributed by atoms with van der Waals surface area (Å²) in [6.07, 6.45) is 4.18. The quantitative estimate of drug-likeness (QED) is 0.1000. The van der Waals surface area contributed by atoms with Crippen LogP contribution in [0, 0.1) is 17.9 Å². The van der Waals surface area contributed by atoms with Crippen LogP contribution in [0.25, 0.3) is 27.4 Å². The Kier molecular flexibility index (Phi) is 10.9. The molecule has 1 amide bonds. The highest BCUT2D eigenvalue weighted by Crippen LogP contribution is 2.24. The molecule has 2 aromatic rings. The number of carbonyl (C=O) groups excluding carboxylic acids is 3. The summed E-state index contributed by atoms with van der Waals surface area (Å²) < 4.78 is 0. The Bertz CT molecular complexity index is 1360. The van der Waals surface area contributed by atoms with E-state index < -0.39 is 0 Å². The standard InChI is InChI=1S/C30H29N7O3/c1-33-27-10-8-23(9-11-27)17-26-20-37(19-25(30(26)40)16-22-4-6-24(18-31)7-5-22)29(39)13-12-28(38)21-36(2)15-3-14-34-35-32/h4-11,16-17H,3,12-15,19-21H2,2H3/b25-16+,26-17+. The molecule has 202 valence electrons. The van der Waals surface area contributed by atoms with Gasteiger partial charge in [-0.3, -0.25) is 19.3 Å². The van der Waals surface area contributed by atoms with Crippen LogP contribution in [0.2, 0.25) is 0 Å². The number of hydrogen-bond donors (Lipinski definition) is 0. The first-order valence-corrected chi connectivity index (χ1v) is 12.8. The van der Waals surface area contributed by atoms with Crippen molar-refractivity contribution < 1.29 is 14.4 Å². The summed E-state index contributed by atoms with van der Waals surface area (Å²) in [5.74, 6) is -0.482. The minimum absolute atomic E-state index is 0.0245. The van der Waals surface area contributed by atoms with Crippen LogP contribution in [-0.4, -0.2) is 67.0 Å². The van der Waals surface area contributed by atoms with Gasteiger partial charge in [-0.25, -0.2) is 4.85 Å². The van der Waals surface area contributed by atoms with Gasteiger partial charge in [0.2, 0.25) is 5.91 Å². The van der Waals surface area contributed by atoms with Crippen LogP contribution in [0.4, 0.5) is 5.69 Å². The van der Waals surface area contributed by atoms with E-state index in [1.165, 1.54) is 0 Å². The molecule has 3 rings (SSSR count). The number of carbonyl (C=O) groups is 3. The van der Waals surface area contributed by atoms with E-state index in [1.807, 2.05) is 4.90 Å². The molecule has 0 radical (unpaired) electrons. The monoisotopic (exact) mass is 535 g/mol. The van der Waals surface area contributed by atoms with E-state index in [4.69, 9.17) is 17.4 Å². The Morgan fingerprint density at radius 3 is 2.23 bits per heavy atom. The maximum Gasteiger partial charge on any atom is 0.223 e. The predicted molar refractivity (Wildman–Crippen MR) is 152 cm³/mol. The van der Waals surface area contributed by atoms with Gasteiger partial charge in [-0.05, 0) is 61.0 Å². The summed E-state index contributed by atoms with van der Waals surface area (Å²) in [5, 5.41) is 12.5. The molecule has 1 heterocycles. The van der Waals surface area contributed by atoms with Gasteiger partial charge in [-0.1, -0.05) is 41.5 Å². The highest BCUT2D eigenvalue weighted by atomic mass is 16.2. The van der Waals surface area contributed by atoms with Crippen LogP contribution in [-0.2, 0) is 14.4 Å². The summed E-state index contributed by atoms with van der Waals surface area (Å²) in [7, 11) is 1.80. The lowest BCUT2D eigenvalue weighted by molar-refractivity contribution is -0.133. The Hall–Kier alpha value is -5.02. The maximum atomic E-state index is 13.4. The normalized spacial score (nSPS) is 15.0. The zero-order valence-corrected chi connectivity index (χ0v) is 22.3. The molecule has 0 aromatic heterocycles. The van der Waals surface area contributed by atoms with Gasteiger partial charge < -0.3 is 4.90 Å². The van der Waals surface area contributed by atoms with Gasteiger partial charge in [-0.2, -0.15) is 5.26 Å². The number of nitrogens with zero attached hydrogens (tertiary/aromatic N) is 7. The third-order valence-electron chi connectivity index (χ3n) is 6.33. The number of Topliss-reactive ketones (excluding diaryl/α,β-unsaturated/α-hetero) is 2. The van der Waals surface area contributed by atoms with Gasteiger partial charge in [0.15, 0.2) is 11.5 Å². The van der Waals surface area contributed by atoms with Crippen molar-refractivity contribution in [2.45, 2.75) is 19.3 Å². The molecule has 0 N–H and O–H groups in total. The van der Waals surface area contributed by atoms with E-state index >= 15 is 0 Å². The lowest BCUT2D eigenvalue weighted by Crippen LogP contribution is -2.41. The van der Waals surface area contributed by atoms with Crippen molar-refractivity contribution in [2.75, 3.05) is 39.8 Å². The summed E-state index contributed by atoms with van der Waals surface area (Å²) in [6, 6.07) is 15.7. The number of hydrogen-bond acceptors (Lipinski definition) is 6. The van der Waals surface area contributed by atoms with Crippen molar-refractivity contribution in [3.63, 3.8) is 0 Å². The molecular formula is C30H29N7O3. The Morgan fingerprint density at radius 1 is 1.07 bits per heavy atom. The van der Waals surface area contributed by atoms with Gasteiger partial charge in [0.1, 0.15) is 5.78 Å². The molecule has 0 saturated carbocycles. The van der Waals surface area contributed by atoms with Crippen molar-refractivity contribution in [2.24, 2.45) is 5.11 Å². The highest BCUT2D eigenvalue weighted by molar-refractivity contribution is 6.15. The summed E-state index contributed by atoms with van der Waals surface area (Å²) in [6.45, 7) is 8.50. The molecule has 10 heteroatoms. The zero-order valence-electron chi connectivity index (χ0n) is 22.3. The van der Waals surface area contributed by atoms with Crippen molar-refractivity contribution >= 4 is 35.3 Å². The van der Waals surface area contributed by atoms with Crippen LogP contribution >= 0.6 is 0 Å². The zero-order chi connectivity index (χ0) is 28.9. The molecule has 40 heavy (non-hydrogen) atoms. The number of benzene rings is 2. The number of ketones is 2. The number of azide groups is 1. The van der Waals surface area contributed by atoms with E-state index in [9.17, 15) is 14.4 Å². The van der Waals surface area contributed by atoms with E-state index in [1.54, 1.807) is 72.6 Å². The molecule has 10 nitrogen and oxygen atoms in total. The first kappa shape index (κ1) is 29.5. The average molecular weight is 536 g/mol. The number of rotatable bonds is 11. The molecule has 0 bridgehead atoms. The molecule has 2 aromatic carbocycles. The van der Waals surface area contributed by atoms with Crippen molar-refractivity contribution in [3.05, 3.63) is 98.2 Å². The topological polar surface area (TPSA) is 135 Å². The van der Waals surface area contributed by atoms with Gasteiger partial charge in [0, 0.05) is 48.5 Å². The third kappa shape index (κ3) is 8.78. The molecule has 1 aliphatic rings. The van der Waals surface area contributed by atoms with Crippen LogP contribution in [0.15, 0.2) is 64.8 Å². The SMILES string of the molecule is [C-]#[N+]c1ccc(/C=C2\CN(C(=O)CCC(=O)CN(C)CCCN=[N+]=[N-])C/C(=C\c3ccc(C#N)cc3)C2=O)cc1. The Balaban J connectivity index is 1.75. The van der Waals surface area contributed by atoms with Crippen molar-refractivity contribution in [3.8, 4) is 6.07 Å². The number of likely N-dealkylation sites (tertiary alicyclic amines) is 1. The molecule has 0 aliphatic carbocycles. The predicted octanol–water partition coefficient (Wildman–Crippen LogP) is 4.97. The van der Waals surface area contributed by atoms with Gasteiger partial charge in [0.25, 0.3) is 0 Å². The second-order valence-corrected chi connectivity index (χ2v) is 9.44. The number of piperidine rings is 1. The molecule has 1 aliphatic heterocycles. The van der Waals surface area contributed by atoms with E-state index in [-0.39, 0.29) is 49.9 Å². The van der Waals surface area contributed by atoms with E-state index in [2.05, 4.69) is 20.9 Å².